The van der Waals surface area contributed by atoms with E-state index in [0.717, 1.165) is 16.8 Å². The number of ether oxygens (including phenoxy) is 2. The number of nitrogens with zero attached hydrogens (tertiary/aromatic N) is 2. The fourth-order valence-electron chi connectivity index (χ4n) is 2.26. The van der Waals surface area contributed by atoms with Crippen molar-refractivity contribution in [2.24, 2.45) is 0 Å². The number of nitrogens with one attached hydrogen (secondary N) is 2. The first-order valence-electron chi connectivity index (χ1n) is 8.13. The monoisotopic (exact) mass is 406 g/mol. The van der Waals surface area contributed by atoms with E-state index in [4.69, 9.17) is 9.47 Å². The molecule has 0 fully saturated rings. The zero-order valence-electron chi connectivity index (χ0n) is 14.8. The minimum Gasteiger partial charge on any atom is -0.497 e. The molecule has 3 rings (SSSR count). The Morgan fingerprint density at radius 3 is 2.96 bits per heavy atom. The van der Waals surface area contributed by atoms with Gasteiger partial charge in [0.05, 0.1) is 42.6 Å². The highest BCUT2D eigenvalue weighted by Gasteiger charge is 2.12. The van der Waals surface area contributed by atoms with Crippen LogP contribution in [0.5, 0.6) is 5.75 Å². The zero-order valence-corrected chi connectivity index (χ0v) is 16.4. The third kappa shape index (κ3) is 5.20. The third-order valence-electron chi connectivity index (χ3n) is 3.44. The number of H-pyrrole nitrogens is 1. The molecular formula is C17H18N4O4S2. The van der Waals surface area contributed by atoms with Crippen LogP contribution in [0.4, 0.5) is 5.13 Å². The van der Waals surface area contributed by atoms with Crippen molar-refractivity contribution in [2.75, 3.05) is 24.8 Å². The predicted molar refractivity (Wildman–Crippen MR) is 104 cm³/mol. The van der Waals surface area contributed by atoms with Crippen LogP contribution in [-0.2, 0) is 20.7 Å². The summed E-state index contributed by atoms with van der Waals surface area (Å²) in [7, 11) is 1.61. The van der Waals surface area contributed by atoms with E-state index < -0.39 is 0 Å². The van der Waals surface area contributed by atoms with Gasteiger partial charge in [-0.05, 0) is 19.1 Å². The van der Waals surface area contributed by atoms with Crippen molar-refractivity contribution in [3.05, 3.63) is 29.3 Å². The molecule has 0 saturated carbocycles. The predicted octanol–water partition coefficient (Wildman–Crippen LogP) is 2.86. The van der Waals surface area contributed by atoms with Gasteiger partial charge in [0.2, 0.25) is 5.91 Å². The SMILES string of the molecule is CCOC(=O)Cc1csc(NC(=O)CSc2nc3ccc(OC)cc3[nH]2)n1. The van der Waals surface area contributed by atoms with E-state index in [0.29, 0.717) is 22.6 Å². The molecule has 0 aliphatic rings. The lowest BCUT2D eigenvalue weighted by molar-refractivity contribution is -0.142. The molecule has 10 heteroatoms. The van der Waals surface area contributed by atoms with Crippen molar-refractivity contribution in [3.8, 4) is 5.75 Å². The number of carbonyl (C=O) groups is 2. The minimum atomic E-state index is -0.335. The second-order valence-corrected chi connectivity index (χ2v) is 7.21. The molecule has 142 valence electrons. The Bertz CT molecular complexity index is 953. The van der Waals surface area contributed by atoms with Crippen LogP contribution < -0.4 is 10.1 Å². The van der Waals surface area contributed by atoms with Gasteiger partial charge in [0.15, 0.2) is 10.3 Å². The second-order valence-electron chi connectivity index (χ2n) is 5.39. The first-order valence-corrected chi connectivity index (χ1v) is 10.0. The van der Waals surface area contributed by atoms with Crippen molar-refractivity contribution in [1.82, 2.24) is 15.0 Å². The normalized spacial score (nSPS) is 10.7. The number of hydrogen-bond donors (Lipinski definition) is 2. The lowest BCUT2D eigenvalue weighted by Gasteiger charge is -2.00. The molecule has 2 aromatic heterocycles. The summed E-state index contributed by atoms with van der Waals surface area (Å²) in [6.07, 6.45) is 0.0947. The van der Waals surface area contributed by atoms with Crippen LogP contribution in [0, 0.1) is 0 Å². The number of rotatable bonds is 8. The Kier molecular flexibility index (Phi) is 6.30. The molecule has 2 N–H and O–H groups in total. The molecule has 0 saturated heterocycles. The summed E-state index contributed by atoms with van der Waals surface area (Å²) < 4.78 is 10.1. The largest absolute Gasteiger partial charge is 0.497 e. The van der Waals surface area contributed by atoms with Gasteiger partial charge in [0, 0.05) is 11.4 Å². The molecule has 0 bridgehead atoms. The Morgan fingerprint density at radius 1 is 1.33 bits per heavy atom. The van der Waals surface area contributed by atoms with Crippen LogP contribution in [-0.4, -0.2) is 46.3 Å². The number of anilines is 1. The summed E-state index contributed by atoms with van der Waals surface area (Å²) in [6.45, 7) is 2.08. The number of amides is 1. The third-order valence-corrected chi connectivity index (χ3v) is 5.12. The number of thioether (sulfide) groups is 1. The van der Waals surface area contributed by atoms with Crippen molar-refractivity contribution in [3.63, 3.8) is 0 Å². The summed E-state index contributed by atoms with van der Waals surface area (Å²) in [5.74, 6) is 0.389. The summed E-state index contributed by atoms with van der Waals surface area (Å²) in [6, 6.07) is 5.54. The highest BCUT2D eigenvalue weighted by atomic mass is 32.2. The standard InChI is InChI=1S/C17H18N4O4S2/c1-3-25-15(23)6-10-8-26-16(18-10)21-14(22)9-27-17-19-12-5-4-11(24-2)7-13(12)20-17/h4-5,7-8H,3,6,9H2,1-2H3,(H,19,20)(H,18,21,22). The van der Waals surface area contributed by atoms with Gasteiger partial charge in [-0.3, -0.25) is 9.59 Å². The number of aromatic amines is 1. The van der Waals surface area contributed by atoms with Gasteiger partial charge in [0.1, 0.15) is 5.75 Å². The van der Waals surface area contributed by atoms with E-state index in [2.05, 4.69) is 20.3 Å². The number of imidazole rings is 1. The molecule has 1 amide bonds. The number of thiazole rings is 1. The summed E-state index contributed by atoms with van der Waals surface area (Å²) in [5, 5.41) is 5.55. The zero-order chi connectivity index (χ0) is 19.2. The molecular weight excluding hydrogens is 388 g/mol. The van der Waals surface area contributed by atoms with Crippen molar-refractivity contribution in [2.45, 2.75) is 18.5 Å². The lowest BCUT2D eigenvalue weighted by Crippen LogP contribution is -2.14. The topological polar surface area (TPSA) is 106 Å². The fourth-order valence-corrected chi connectivity index (χ4v) is 3.67. The van der Waals surface area contributed by atoms with Crippen LogP contribution in [0.25, 0.3) is 11.0 Å². The molecule has 27 heavy (non-hydrogen) atoms. The first kappa shape index (κ1) is 19.2. The number of methoxy groups -OCH3 is 1. The molecule has 0 spiro atoms. The van der Waals surface area contributed by atoms with Crippen molar-refractivity contribution < 1.29 is 19.1 Å². The summed E-state index contributed by atoms with van der Waals surface area (Å²) in [5.41, 5.74) is 2.23. The van der Waals surface area contributed by atoms with E-state index in [-0.39, 0.29) is 24.1 Å². The van der Waals surface area contributed by atoms with Crippen LogP contribution in [0.3, 0.4) is 0 Å². The Morgan fingerprint density at radius 2 is 2.19 bits per heavy atom. The number of fused-ring (bicyclic) bond motifs is 1. The Hall–Kier alpha value is -2.59. The van der Waals surface area contributed by atoms with Gasteiger partial charge in [0.25, 0.3) is 0 Å². The lowest BCUT2D eigenvalue weighted by atomic mass is 10.3. The molecule has 0 atom stereocenters. The average Bonchev–Trinajstić information content (AvgIpc) is 3.25. The van der Waals surface area contributed by atoms with Crippen LogP contribution in [0.1, 0.15) is 12.6 Å². The van der Waals surface area contributed by atoms with Gasteiger partial charge in [-0.1, -0.05) is 11.8 Å². The molecule has 0 aliphatic carbocycles. The van der Waals surface area contributed by atoms with Crippen LogP contribution >= 0.6 is 23.1 Å². The van der Waals surface area contributed by atoms with E-state index >= 15 is 0 Å². The maximum Gasteiger partial charge on any atom is 0.311 e. The van der Waals surface area contributed by atoms with Gasteiger partial charge in [-0.15, -0.1) is 11.3 Å². The molecule has 8 nitrogen and oxygen atoms in total. The Labute approximate surface area is 163 Å². The number of benzene rings is 1. The number of esters is 1. The highest BCUT2D eigenvalue weighted by Crippen LogP contribution is 2.23. The second kappa shape index (κ2) is 8.87. The average molecular weight is 406 g/mol. The summed E-state index contributed by atoms with van der Waals surface area (Å²) >= 11 is 2.56. The van der Waals surface area contributed by atoms with Crippen molar-refractivity contribution >= 4 is 51.1 Å². The van der Waals surface area contributed by atoms with Crippen LogP contribution in [0.15, 0.2) is 28.7 Å². The van der Waals surface area contributed by atoms with Crippen LogP contribution in [0.2, 0.25) is 0 Å². The van der Waals surface area contributed by atoms with E-state index in [1.807, 2.05) is 18.2 Å². The van der Waals surface area contributed by atoms with Crippen molar-refractivity contribution in [1.29, 1.82) is 0 Å². The van der Waals surface area contributed by atoms with Gasteiger partial charge in [-0.2, -0.15) is 0 Å². The summed E-state index contributed by atoms with van der Waals surface area (Å²) in [4.78, 5) is 35.4. The van der Waals surface area contributed by atoms with E-state index in [9.17, 15) is 9.59 Å². The molecule has 2 heterocycles. The van der Waals surface area contributed by atoms with Gasteiger partial charge in [-0.25, -0.2) is 9.97 Å². The number of carbonyl (C=O) groups excluding carboxylic acids is 2. The van der Waals surface area contributed by atoms with Gasteiger partial charge < -0.3 is 19.8 Å². The maximum atomic E-state index is 12.1. The highest BCUT2D eigenvalue weighted by molar-refractivity contribution is 7.99. The van der Waals surface area contributed by atoms with E-state index in [1.165, 1.54) is 23.1 Å². The molecule has 0 aliphatic heterocycles. The quantitative estimate of drug-likeness (QED) is 0.438. The fraction of sp³-hybridized carbons (Fsp3) is 0.294. The minimum absolute atomic E-state index is 0.0947. The number of hydrogen-bond acceptors (Lipinski definition) is 8. The first-order chi connectivity index (χ1) is 13.1. The smallest absolute Gasteiger partial charge is 0.311 e. The maximum absolute atomic E-state index is 12.1. The Balaban J connectivity index is 1.52. The number of aromatic nitrogens is 3. The van der Waals surface area contributed by atoms with E-state index in [1.54, 1.807) is 19.4 Å². The molecule has 3 aromatic rings. The van der Waals surface area contributed by atoms with Gasteiger partial charge >= 0.3 is 5.97 Å². The molecule has 1 aromatic carbocycles. The molecule has 0 unspecified atom stereocenters. The molecule has 0 radical (unpaired) electrons.